The zero-order chi connectivity index (χ0) is 21.4. The van der Waals surface area contributed by atoms with E-state index < -0.39 is 17.7 Å². The number of hydrogen-bond acceptors (Lipinski definition) is 6. The van der Waals surface area contributed by atoms with Gasteiger partial charge in [0.25, 0.3) is 17.4 Å². The maximum Gasteiger partial charge on any atom is 0.270 e. The smallest absolute Gasteiger partial charge is 0.270 e. The molecule has 4 rings (SSSR count). The number of aromatic amines is 1. The van der Waals surface area contributed by atoms with Crippen LogP contribution in [0, 0.1) is 11.8 Å². The third-order valence-electron chi connectivity index (χ3n) is 4.94. The normalized spacial score (nSPS) is 14.6. The van der Waals surface area contributed by atoms with Crippen LogP contribution in [0.15, 0.2) is 29.1 Å². The van der Waals surface area contributed by atoms with Gasteiger partial charge in [-0.05, 0) is 24.6 Å². The highest BCUT2D eigenvalue weighted by molar-refractivity contribution is 5.90. The van der Waals surface area contributed by atoms with Crippen LogP contribution in [-0.2, 0) is 13.0 Å². The van der Waals surface area contributed by atoms with E-state index in [0.29, 0.717) is 48.3 Å². The summed E-state index contributed by atoms with van der Waals surface area (Å²) >= 11 is 0. The lowest BCUT2D eigenvalue weighted by molar-refractivity contribution is 0.0112. The molecule has 0 atom stereocenters. The van der Waals surface area contributed by atoms with Gasteiger partial charge in [-0.15, -0.1) is 0 Å². The number of nitrogens with zero attached hydrogens (tertiary/aromatic N) is 3. The first kappa shape index (κ1) is 19.9. The van der Waals surface area contributed by atoms with Gasteiger partial charge in [0.15, 0.2) is 5.75 Å². The molecule has 0 spiro atoms. The zero-order valence-electron chi connectivity index (χ0n) is 16.1. The molecule has 1 aliphatic rings. The lowest BCUT2D eigenvalue weighted by atomic mass is 10.1. The molecule has 3 N–H and O–H groups in total. The minimum absolute atomic E-state index is 0.0723. The lowest BCUT2D eigenvalue weighted by Gasteiger charge is -2.39. The van der Waals surface area contributed by atoms with Crippen LogP contribution in [0.2, 0.25) is 0 Å². The van der Waals surface area contributed by atoms with E-state index in [1.165, 1.54) is 18.2 Å². The summed E-state index contributed by atoms with van der Waals surface area (Å²) in [6, 6.07) is 5.50. The first-order chi connectivity index (χ1) is 14.3. The largest absolute Gasteiger partial charge is 0.483 e. The van der Waals surface area contributed by atoms with Crippen molar-refractivity contribution in [2.24, 2.45) is 5.73 Å². The van der Waals surface area contributed by atoms with Gasteiger partial charge < -0.3 is 15.5 Å². The number of amides is 1. The maximum absolute atomic E-state index is 14.5. The molecule has 1 aromatic carbocycles. The Morgan fingerprint density at radius 3 is 2.73 bits per heavy atom. The molecule has 1 fully saturated rings. The van der Waals surface area contributed by atoms with Crippen LogP contribution in [0.5, 0.6) is 5.75 Å². The quantitative estimate of drug-likeness (QED) is 0.590. The molecule has 1 saturated heterocycles. The number of pyridine rings is 1. The van der Waals surface area contributed by atoms with Crippen LogP contribution < -0.4 is 16.0 Å². The number of halogens is 2. The molecule has 10 heteroatoms. The molecule has 0 bridgehead atoms. The van der Waals surface area contributed by atoms with Crippen molar-refractivity contribution < 1.29 is 18.3 Å². The van der Waals surface area contributed by atoms with Gasteiger partial charge in [0.1, 0.15) is 23.3 Å². The second-order valence-corrected chi connectivity index (χ2v) is 7.11. The fourth-order valence-electron chi connectivity index (χ4n) is 3.34. The van der Waals surface area contributed by atoms with Gasteiger partial charge in [-0.2, -0.15) is 4.39 Å². The third-order valence-corrected chi connectivity index (χ3v) is 4.94. The van der Waals surface area contributed by atoms with E-state index in [2.05, 4.69) is 15.0 Å². The predicted octanol–water partition coefficient (Wildman–Crippen LogP) is 1.52. The molecule has 0 radical (unpaired) electrons. The van der Waals surface area contributed by atoms with Gasteiger partial charge in [0.05, 0.1) is 11.0 Å². The van der Waals surface area contributed by atoms with Crippen molar-refractivity contribution in [2.45, 2.75) is 26.0 Å². The molecule has 0 unspecified atom stereocenters. The van der Waals surface area contributed by atoms with E-state index in [1.807, 2.05) is 11.8 Å². The van der Waals surface area contributed by atoms with E-state index in [0.717, 1.165) is 0 Å². The number of fused-ring (bicyclic) bond motifs is 1. The molecule has 8 nitrogen and oxygen atoms in total. The number of hydrogen-bond donors (Lipinski definition) is 2. The summed E-state index contributed by atoms with van der Waals surface area (Å²) in [6.45, 7) is 3.03. The van der Waals surface area contributed by atoms with Gasteiger partial charge >= 0.3 is 0 Å². The maximum atomic E-state index is 14.5. The van der Waals surface area contributed by atoms with Crippen LogP contribution >= 0.6 is 0 Å². The second-order valence-electron chi connectivity index (χ2n) is 7.11. The van der Waals surface area contributed by atoms with Gasteiger partial charge in [-0.25, -0.2) is 14.4 Å². The number of carbonyl (C=O) groups is 1. The second kappa shape index (κ2) is 7.79. The molecule has 1 amide bonds. The minimum atomic E-state index is -0.909. The number of nitrogens with two attached hydrogens (primary N) is 1. The molecule has 3 heterocycles. The van der Waals surface area contributed by atoms with Crippen molar-refractivity contribution in [1.29, 1.82) is 0 Å². The van der Waals surface area contributed by atoms with Crippen LogP contribution in [0.3, 0.4) is 0 Å². The Bertz CT molecular complexity index is 1190. The molecule has 1 aliphatic heterocycles. The highest BCUT2D eigenvalue weighted by atomic mass is 19.1. The standard InChI is InChI=1S/C20H19F2N5O3/c1-2-13-20(29)26-15-5-10(12(21)6-16(15)24-13)7-27-8-11(9-27)30-17-4-3-14(19(23)28)25-18(17)22/h3-6,11H,2,7-9H2,1H3,(H2,23,28)(H,26,29). The number of aromatic nitrogens is 3. The fourth-order valence-corrected chi connectivity index (χ4v) is 3.34. The SMILES string of the molecule is CCc1nc2cc(F)c(CN3CC(Oc4ccc(C(N)=O)nc4F)C3)cc2[nH]c1=O. The van der Waals surface area contributed by atoms with Crippen molar-refractivity contribution in [3.63, 3.8) is 0 Å². The number of rotatable bonds is 6. The highest BCUT2D eigenvalue weighted by Gasteiger charge is 2.30. The number of H-pyrrole nitrogens is 1. The first-order valence-corrected chi connectivity index (χ1v) is 9.40. The van der Waals surface area contributed by atoms with E-state index in [1.54, 1.807) is 6.07 Å². The first-order valence-electron chi connectivity index (χ1n) is 9.40. The van der Waals surface area contributed by atoms with Gasteiger partial charge in [-0.1, -0.05) is 6.92 Å². The minimum Gasteiger partial charge on any atom is -0.483 e. The van der Waals surface area contributed by atoms with Crippen LogP contribution in [0.1, 0.15) is 28.7 Å². The van der Waals surface area contributed by atoms with Crippen LogP contribution in [-0.4, -0.2) is 45.0 Å². The molecule has 2 aromatic heterocycles. The van der Waals surface area contributed by atoms with Crippen molar-refractivity contribution in [3.05, 3.63) is 63.3 Å². The predicted molar refractivity (Wildman–Crippen MR) is 104 cm³/mol. The number of primary amides is 1. The topological polar surface area (TPSA) is 114 Å². The van der Waals surface area contributed by atoms with Gasteiger partial charge in [-0.3, -0.25) is 14.5 Å². The number of likely N-dealkylation sites (tertiary alicyclic amines) is 1. The van der Waals surface area contributed by atoms with E-state index >= 15 is 0 Å². The van der Waals surface area contributed by atoms with Crippen molar-refractivity contribution in [1.82, 2.24) is 19.9 Å². The number of carbonyl (C=O) groups excluding carboxylic acids is 1. The molecule has 3 aromatic rings. The average molecular weight is 415 g/mol. The fraction of sp³-hybridized carbons (Fsp3) is 0.300. The Labute approximate surface area is 169 Å². The van der Waals surface area contributed by atoms with E-state index in [9.17, 15) is 18.4 Å². The molecule has 0 saturated carbocycles. The molecule has 0 aliphatic carbocycles. The average Bonchev–Trinajstić information content (AvgIpc) is 2.67. The monoisotopic (exact) mass is 415 g/mol. The highest BCUT2D eigenvalue weighted by Crippen LogP contribution is 2.24. The Balaban J connectivity index is 1.41. The summed E-state index contributed by atoms with van der Waals surface area (Å²) < 4.78 is 34.0. The van der Waals surface area contributed by atoms with E-state index in [-0.39, 0.29) is 23.1 Å². The summed E-state index contributed by atoms with van der Waals surface area (Å²) in [5.41, 5.74) is 6.26. The Morgan fingerprint density at radius 2 is 2.07 bits per heavy atom. The Hall–Kier alpha value is -3.40. The van der Waals surface area contributed by atoms with Crippen molar-refractivity contribution in [3.8, 4) is 5.75 Å². The number of benzene rings is 1. The zero-order valence-corrected chi connectivity index (χ0v) is 16.1. The summed E-state index contributed by atoms with van der Waals surface area (Å²) in [7, 11) is 0. The number of nitrogens with one attached hydrogen (secondary N) is 1. The van der Waals surface area contributed by atoms with Crippen molar-refractivity contribution in [2.75, 3.05) is 13.1 Å². The van der Waals surface area contributed by atoms with E-state index in [4.69, 9.17) is 10.5 Å². The summed E-state index contributed by atoms with van der Waals surface area (Å²) in [5.74, 6) is -2.22. The number of aryl methyl sites for hydroxylation is 1. The number of ether oxygens (including phenoxy) is 1. The van der Waals surface area contributed by atoms with Crippen molar-refractivity contribution >= 4 is 16.9 Å². The molecule has 30 heavy (non-hydrogen) atoms. The summed E-state index contributed by atoms with van der Waals surface area (Å²) in [4.78, 5) is 35.3. The Kier molecular flexibility index (Phi) is 5.17. The summed E-state index contributed by atoms with van der Waals surface area (Å²) in [6.07, 6.45) is 0.170. The molecular weight excluding hydrogens is 396 g/mol. The molecular formula is C20H19F2N5O3. The Morgan fingerprint density at radius 1 is 1.30 bits per heavy atom. The van der Waals surface area contributed by atoms with Gasteiger partial charge in [0.2, 0.25) is 0 Å². The molecule has 156 valence electrons. The van der Waals surface area contributed by atoms with Crippen LogP contribution in [0.25, 0.3) is 11.0 Å². The van der Waals surface area contributed by atoms with Gasteiger partial charge in [0, 0.05) is 31.3 Å². The lowest BCUT2D eigenvalue weighted by Crippen LogP contribution is -2.53. The van der Waals surface area contributed by atoms with Crippen LogP contribution in [0.4, 0.5) is 8.78 Å². The summed E-state index contributed by atoms with van der Waals surface area (Å²) in [5, 5.41) is 0. The third kappa shape index (κ3) is 3.86.